The number of carbonyl (C=O) groups is 2. The van der Waals surface area contributed by atoms with E-state index in [1.807, 2.05) is 0 Å². The second-order valence-electron chi connectivity index (χ2n) is 7.60. The summed E-state index contributed by atoms with van der Waals surface area (Å²) < 4.78 is 5.17. The van der Waals surface area contributed by atoms with Gasteiger partial charge in [0.1, 0.15) is 28.6 Å². The zero-order valence-corrected chi connectivity index (χ0v) is 16.8. The molecule has 0 aliphatic carbocycles. The molecule has 3 aromatic carbocycles. The van der Waals surface area contributed by atoms with E-state index in [-0.39, 0.29) is 41.2 Å². The van der Waals surface area contributed by atoms with Crippen LogP contribution in [0.1, 0.15) is 45.8 Å². The van der Waals surface area contributed by atoms with E-state index in [1.165, 1.54) is 30.3 Å². The summed E-state index contributed by atoms with van der Waals surface area (Å²) in [6.45, 7) is 0. The Kier molecular flexibility index (Phi) is 5.36. The van der Waals surface area contributed by atoms with E-state index >= 15 is 0 Å². The lowest BCUT2D eigenvalue weighted by Gasteiger charge is -2.27. The van der Waals surface area contributed by atoms with E-state index in [0.29, 0.717) is 12.0 Å². The molecule has 3 aromatic rings. The molecule has 1 aliphatic rings. The van der Waals surface area contributed by atoms with Crippen LogP contribution in [0.25, 0.3) is 0 Å². The lowest BCUT2D eigenvalue weighted by Crippen LogP contribution is -2.22. The smallest absolute Gasteiger partial charge is 0.312 e. The molecule has 0 saturated carbocycles. The van der Waals surface area contributed by atoms with Crippen molar-refractivity contribution < 1.29 is 39.9 Å². The Bertz CT molecular complexity index is 1210. The van der Waals surface area contributed by atoms with E-state index in [2.05, 4.69) is 0 Å². The first-order chi connectivity index (χ1) is 15.2. The Morgan fingerprint density at radius 1 is 0.906 bits per heavy atom. The Hall–Kier alpha value is -4.20. The Morgan fingerprint density at radius 2 is 1.62 bits per heavy atom. The summed E-state index contributed by atoms with van der Waals surface area (Å²) in [5, 5.41) is 50.2. The Balaban J connectivity index is 1.71. The van der Waals surface area contributed by atoms with Crippen molar-refractivity contribution >= 4 is 11.8 Å². The highest BCUT2D eigenvalue weighted by atomic mass is 16.5. The lowest BCUT2D eigenvalue weighted by atomic mass is 9.83. The number of carbonyl (C=O) groups excluding carboxylic acids is 2. The van der Waals surface area contributed by atoms with Crippen molar-refractivity contribution in [3.63, 3.8) is 0 Å². The van der Waals surface area contributed by atoms with Gasteiger partial charge in [0, 0.05) is 24.0 Å². The maximum Gasteiger partial charge on any atom is 0.312 e. The zero-order chi connectivity index (χ0) is 23.0. The van der Waals surface area contributed by atoms with Gasteiger partial charge in [-0.3, -0.25) is 9.59 Å². The van der Waals surface area contributed by atoms with Gasteiger partial charge in [-0.15, -0.1) is 0 Å². The number of benzene rings is 3. The third-order valence-corrected chi connectivity index (χ3v) is 5.48. The van der Waals surface area contributed by atoms with Gasteiger partial charge in [0.25, 0.3) is 0 Å². The van der Waals surface area contributed by atoms with Crippen LogP contribution in [0.3, 0.4) is 0 Å². The molecule has 1 unspecified atom stereocenters. The molecule has 8 nitrogen and oxygen atoms in total. The van der Waals surface area contributed by atoms with Crippen molar-refractivity contribution in [2.75, 3.05) is 0 Å². The third-order valence-electron chi connectivity index (χ3n) is 5.48. The van der Waals surface area contributed by atoms with Gasteiger partial charge in [0.2, 0.25) is 0 Å². The number of esters is 1. The van der Waals surface area contributed by atoms with Crippen LogP contribution >= 0.6 is 0 Å². The summed E-state index contributed by atoms with van der Waals surface area (Å²) in [6.07, 6.45) is 0.130. The van der Waals surface area contributed by atoms with Crippen molar-refractivity contribution in [3.8, 4) is 34.5 Å². The molecular formula is C24H20O8. The van der Waals surface area contributed by atoms with Crippen molar-refractivity contribution in [1.82, 2.24) is 0 Å². The lowest BCUT2D eigenvalue weighted by molar-refractivity contribution is -0.135. The number of ether oxygens (including phenoxy) is 1. The molecule has 0 saturated heterocycles. The number of rotatable bonds is 5. The maximum absolute atomic E-state index is 12.9. The minimum atomic E-state index is -0.762. The number of aromatic hydroxyl groups is 5. The van der Waals surface area contributed by atoms with Gasteiger partial charge in [-0.05, 0) is 41.8 Å². The van der Waals surface area contributed by atoms with Crippen molar-refractivity contribution in [1.29, 1.82) is 0 Å². The van der Waals surface area contributed by atoms with Crippen LogP contribution in [-0.4, -0.2) is 37.3 Å². The van der Waals surface area contributed by atoms with Crippen molar-refractivity contribution in [2.24, 2.45) is 0 Å². The predicted molar refractivity (Wildman–Crippen MR) is 112 cm³/mol. The van der Waals surface area contributed by atoms with Crippen LogP contribution in [0.15, 0.2) is 48.5 Å². The summed E-state index contributed by atoms with van der Waals surface area (Å²) in [7, 11) is 0. The fourth-order valence-electron chi connectivity index (χ4n) is 3.86. The zero-order valence-electron chi connectivity index (χ0n) is 16.8. The minimum Gasteiger partial charge on any atom is -0.508 e. The van der Waals surface area contributed by atoms with Crippen LogP contribution < -0.4 is 4.74 Å². The van der Waals surface area contributed by atoms with Crippen molar-refractivity contribution in [2.45, 2.75) is 25.2 Å². The van der Waals surface area contributed by atoms with Crippen molar-refractivity contribution in [3.05, 3.63) is 70.8 Å². The highest BCUT2D eigenvalue weighted by Gasteiger charge is 2.35. The fraction of sp³-hybridized carbons (Fsp3) is 0.167. The predicted octanol–water partition coefficient (Wildman–Crippen LogP) is 3.47. The van der Waals surface area contributed by atoms with E-state index in [1.54, 1.807) is 12.1 Å². The number of hydrogen-bond acceptors (Lipinski definition) is 8. The summed E-state index contributed by atoms with van der Waals surface area (Å²) in [4.78, 5) is 25.0. The van der Waals surface area contributed by atoms with Crippen LogP contribution in [-0.2, 0) is 11.2 Å². The second-order valence-corrected chi connectivity index (χ2v) is 7.60. The monoisotopic (exact) mass is 436 g/mol. The fourth-order valence-corrected chi connectivity index (χ4v) is 3.86. The molecule has 1 atom stereocenters. The standard InChI is InChI=1S/C24H20O8/c25-14-5-1-12(2-6-14)3-7-17(27)23-19(29)11-20-22(24(23)31)15(10-21(30)32-20)13-4-8-16(26)18(28)9-13/h1-2,4-6,8-9,11,15,25-26,28-29,31H,3,7,10H2. The number of aryl methyl sites for hydroxylation is 1. The molecule has 1 aliphatic heterocycles. The quantitative estimate of drug-likeness (QED) is 0.177. The Morgan fingerprint density at radius 3 is 2.31 bits per heavy atom. The number of fused-ring (bicyclic) bond motifs is 1. The average molecular weight is 436 g/mol. The number of phenols is 5. The van der Waals surface area contributed by atoms with Gasteiger partial charge in [0.05, 0.1) is 6.42 Å². The summed E-state index contributed by atoms with van der Waals surface area (Å²) >= 11 is 0. The van der Waals surface area contributed by atoms with Crippen LogP contribution in [0, 0.1) is 0 Å². The first-order valence-electron chi connectivity index (χ1n) is 9.87. The van der Waals surface area contributed by atoms with Crippen LogP contribution in [0.4, 0.5) is 0 Å². The average Bonchev–Trinajstić information content (AvgIpc) is 2.74. The largest absolute Gasteiger partial charge is 0.508 e. The topological polar surface area (TPSA) is 145 Å². The number of hydrogen-bond donors (Lipinski definition) is 5. The molecule has 164 valence electrons. The third kappa shape index (κ3) is 3.90. The molecule has 0 bridgehead atoms. The van der Waals surface area contributed by atoms with Gasteiger partial charge in [-0.2, -0.15) is 0 Å². The number of Topliss-reactive ketones (excluding diaryl/α,β-unsaturated/α-hetero) is 1. The molecule has 0 spiro atoms. The number of ketones is 1. The SMILES string of the molecule is O=C1CC(c2ccc(O)c(O)c2)c2c(cc(O)c(C(=O)CCc3ccc(O)cc3)c2O)O1. The second kappa shape index (κ2) is 8.14. The molecule has 0 radical (unpaired) electrons. The molecule has 5 N–H and O–H groups in total. The molecule has 32 heavy (non-hydrogen) atoms. The van der Waals surface area contributed by atoms with Gasteiger partial charge in [-0.25, -0.2) is 0 Å². The van der Waals surface area contributed by atoms with Gasteiger partial charge in [-0.1, -0.05) is 18.2 Å². The maximum atomic E-state index is 12.9. The molecule has 4 rings (SSSR count). The first-order valence-corrected chi connectivity index (χ1v) is 9.87. The molecule has 1 heterocycles. The van der Waals surface area contributed by atoms with E-state index in [9.17, 15) is 35.1 Å². The number of phenolic OH excluding ortho intramolecular Hbond substituents is 5. The summed E-state index contributed by atoms with van der Waals surface area (Å²) in [6, 6.07) is 11.5. The molecule has 0 amide bonds. The molecule has 8 heteroatoms. The van der Waals surface area contributed by atoms with Gasteiger partial charge in [0.15, 0.2) is 17.3 Å². The van der Waals surface area contributed by atoms with E-state index < -0.39 is 34.9 Å². The molecule has 0 aromatic heterocycles. The van der Waals surface area contributed by atoms with Gasteiger partial charge >= 0.3 is 5.97 Å². The molecular weight excluding hydrogens is 416 g/mol. The first kappa shape index (κ1) is 21.0. The Labute approximate surface area is 182 Å². The highest BCUT2D eigenvalue weighted by molar-refractivity contribution is 6.02. The highest BCUT2D eigenvalue weighted by Crippen LogP contribution is 2.49. The summed E-state index contributed by atoms with van der Waals surface area (Å²) in [5.74, 6) is -3.62. The minimum absolute atomic E-state index is 0.0187. The molecule has 0 fully saturated rings. The van der Waals surface area contributed by atoms with E-state index in [4.69, 9.17) is 4.74 Å². The van der Waals surface area contributed by atoms with Crippen LogP contribution in [0.2, 0.25) is 0 Å². The summed E-state index contributed by atoms with van der Waals surface area (Å²) in [5.41, 5.74) is 1.06. The van der Waals surface area contributed by atoms with E-state index in [0.717, 1.165) is 11.6 Å². The van der Waals surface area contributed by atoms with Gasteiger partial charge < -0.3 is 30.3 Å². The normalized spacial score (nSPS) is 15.1. The van der Waals surface area contributed by atoms with Crippen LogP contribution in [0.5, 0.6) is 34.5 Å².